The lowest BCUT2D eigenvalue weighted by atomic mass is 10.1. The maximum atomic E-state index is 5.91. The maximum Gasteiger partial charge on any atom is 0.0743 e. The Labute approximate surface area is 100.0 Å². The van der Waals surface area contributed by atoms with Gasteiger partial charge in [0.25, 0.3) is 0 Å². The Balaban J connectivity index is 2.01. The summed E-state index contributed by atoms with van der Waals surface area (Å²) in [5, 5.41) is 1.02. The molecule has 0 bridgehead atoms. The summed E-state index contributed by atoms with van der Waals surface area (Å²) < 4.78 is 5.35. The van der Waals surface area contributed by atoms with E-state index in [0.29, 0.717) is 0 Å². The molecule has 4 heteroatoms. The number of morpholine rings is 1. The third-order valence-corrected chi connectivity index (χ3v) is 3.14. The summed E-state index contributed by atoms with van der Waals surface area (Å²) in [5.74, 6) is 0. The zero-order valence-corrected chi connectivity index (χ0v) is 9.60. The summed E-state index contributed by atoms with van der Waals surface area (Å²) in [7, 11) is 0. The van der Waals surface area contributed by atoms with E-state index < -0.39 is 0 Å². The van der Waals surface area contributed by atoms with E-state index in [1.807, 2.05) is 12.1 Å². The molecule has 4 nitrogen and oxygen atoms in total. The average molecular weight is 229 g/mol. The zero-order chi connectivity index (χ0) is 11.7. The molecule has 0 amide bonds. The van der Waals surface area contributed by atoms with Gasteiger partial charge in [-0.3, -0.25) is 4.98 Å². The minimum Gasteiger partial charge on any atom is -0.398 e. The number of pyridine rings is 1. The quantitative estimate of drug-likeness (QED) is 0.808. The lowest BCUT2D eigenvalue weighted by Gasteiger charge is -2.28. The van der Waals surface area contributed by atoms with Crippen LogP contribution in [0.2, 0.25) is 0 Å². The standard InChI is InChI=1S/C13H15N3O/c14-12-3-4-15-13-9-10(1-2-11(12)13)16-5-7-17-8-6-16/h1-4,9H,5-8H2,(H2,14,15). The first kappa shape index (κ1) is 10.4. The third-order valence-electron chi connectivity index (χ3n) is 3.14. The van der Waals surface area contributed by atoms with Crippen molar-refractivity contribution in [3.8, 4) is 0 Å². The fourth-order valence-electron chi connectivity index (χ4n) is 2.18. The Morgan fingerprint density at radius 3 is 2.82 bits per heavy atom. The monoisotopic (exact) mass is 229 g/mol. The van der Waals surface area contributed by atoms with Crippen molar-refractivity contribution in [2.45, 2.75) is 0 Å². The summed E-state index contributed by atoms with van der Waals surface area (Å²) in [6, 6.07) is 8.07. The van der Waals surface area contributed by atoms with Crippen molar-refractivity contribution in [3.05, 3.63) is 30.5 Å². The van der Waals surface area contributed by atoms with Crippen LogP contribution in [0.4, 0.5) is 11.4 Å². The third kappa shape index (κ3) is 1.91. The molecule has 2 aromatic rings. The largest absolute Gasteiger partial charge is 0.398 e. The van der Waals surface area contributed by atoms with Crippen LogP contribution >= 0.6 is 0 Å². The van der Waals surface area contributed by atoms with Gasteiger partial charge in [0, 0.05) is 36.0 Å². The highest BCUT2D eigenvalue weighted by Crippen LogP contribution is 2.24. The Kier molecular flexibility index (Phi) is 2.57. The normalized spacial score (nSPS) is 16.4. The van der Waals surface area contributed by atoms with Crippen LogP contribution in [0.3, 0.4) is 0 Å². The SMILES string of the molecule is Nc1ccnc2cc(N3CCOCC3)ccc12. The Morgan fingerprint density at radius 1 is 1.18 bits per heavy atom. The predicted octanol–water partition coefficient (Wildman–Crippen LogP) is 1.65. The number of hydrogen-bond acceptors (Lipinski definition) is 4. The van der Waals surface area contributed by atoms with E-state index in [9.17, 15) is 0 Å². The van der Waals surface area contributed by atoms with Gasteiger partial charge in [0.2, 0.25) is 0 Å². The van der Waals surface area contributed by atoms with E-state index in [-0.39, 0.29) is 0 Å². The molecule has 0 aliphatic carbocycles. The number of fused-ring (bicyclic) bond motifs is 1. The molecular weight excluding hydrogens is 214 g/mol. The molecule has 0 radical (unpaired) electrons. The lowest BCUT2D eigenvalue weighted by Crippen LogP contribution is -2.36. The van der Waals surface area contributed by atoms with Crippen LogP contribution in [-0.2, 0) is 4.74 Å². The predicted molar refractivity (Wildman–Crippen MR) is 69.2 cm³/mol. The minimum absolute atomic E-state index is 0.781. The molecule has 3 rings (SSSR count). The van der Waals surface area contributed by atoms with Gasteiger partial charge < -0.3 is 15.4 Å². The van der Waals surface area contributed by atoms with Crippen molar-refractivity contribution < 1.29 is 4.74 Å². The highest BCUT2D eigenvalue weighted by Gasteiger charge is 2.11. The van der Waals surface area contributed by atoms with Gasteiger partial charge in [-0.1, -0.05) is 0 Å². The molecule has 1 aromatic carbocycles. The summed E-state index contributed by atoms with van der Waals surface area (Å²) >= 11 is 0. The van der Waals surface area contributed by atoms with Gasteiger partial charge in [0.15, 0.2) is 0 Å². The van der Waals surface area contributed by atoms with E-state index >= 15 is 0 Å². The Bertz CT molecular complexity index is 535. The second kappa shape index (κ2) is 4.22. The van der Waals surface area contributed by atoms with Crippen LogP contribution in [0.15, 0.2) is 30.5 Å². The molecule has 88 valence electrons. The van der Waals surface area contributed by atoms with Gasteiger partial charge in [-0.2, -0.15) is 0 Å². The van der Waals surface area contributed by atoms with Crippen LogP contribution < -0.4 is 10.6 Å². The number of rotatable bonds is 1. The lowest BCUT2D eigenvalue weighted by molar-refractivity contribution is 0.122. The molecule has 1 aliphatic heterocycles. The fraction of sp³-hybridized carbons (Fsp3) is 0.308. The Morgan fingerprint density at radius 2 is 2.00 bits per heavy atom. The van der Waals surface area contributed by atoms with Crippen molar-refractivity contribution in [1.82, 2.24) is 4.98 Å². The smallest absolute Gasteiger partial charge is 0.0743 e. The number of benzene rings is 1. The van der Waals surface area contributed by atoms with E-state index in [0.717, 1.165) is 42.9 Å². The number of nitrogens with zero attached hydrogens (tertiary/aromatic N) is 2. The second-order valence-corrected chi connectivity index (χ2v) is 4.20. The maximum absolute atomic E-state index is 5.91. The van der Waals surface area contributed by atoms with Gasteiger partial charge >= 0.3 is 0 Å². The molecular formula is C13H15N3O. The number of ether oxygens (including phenoxy) is 1. The van der Waals surface area contributed by atoms with Crippen LogP contribution in [0.25, 0.3) is 10.9 Å². The van der Waals surface area contributed by atoms with Crippen molar-refractivity contribution in [2.75, 3.05) is 36.9 Å². The average Bonchev–Trinajstić information content (AvgIpc) is 2.40. The first-order valence-corrected chi connectivity index (χ1v) is 5.81. The van der Waals surface area contributed by atoms with Crippen molar-refractivity contribution in [3.63, 3.8) is 0 Å². The molecule has 1 saturated heterocycles. The molecule has 0 saturated carbocycles. The van der Waals surface area contributed by atoms with Crippen LogP contribution in [0, 0.1) is 0 Å². The van der Waals surface area contributed by atoms with Gasteiger partial charge in [0.05, 0.1) is 18.7 Å². The molecule has 0 spiro atoms. The molecule has 2 heterocycles. The first-order chi connectivity index (χ1) is 8.34. The van der Waals surface area contributed by atoms with Crippen LogP contribution in [0.1, 0.15) is 0 Å². The van der Waals surface area contributed by atoms with E-state index in [1.165, 1.54) is 5.69 Å². The van der Waals surface area contributed by atoms with Crippen LogP contribution in [-0.4, -0.2) is 31.3 Å². The van der Waals surface area contributed by atoms with Crippen molar-refractivity contribution in [2.24, 2.45) is 0 Å². The summed E-state index contributed by atoms with van der Waals surface area (Å²) in [5.41, 5.74) is 8.84. The van der Waals surface area contributed by atoms with Gasteiger partial charge in [0.1, 0.15) is 0 Å². The number of nitrogens with two attached hydrogens (primary N) is 1. The highest BCUT2D eigenvalue weighted by molar-refractivity contribution is 5.91. The summed E-state index contributed by atoms with van der Waals surface area (Å²) in [4.78, 5) is 6.67. The summed E-state index contributed by atoms with van der Waals surface area (Å²) in [6.45, 7) is 3.46. The first-order valence-electron chi connectivity index (χ1n) is 5.81. The molecule has 2 N–H and O–H groups in total. The van der Waals surface area contributed by atoms with E-state index in [4.69, 9.17) is 10.5 Å². The summed E-state index contributed by atoms with van der Waals surface area (Å²) in [6.07, 6.45) is 1.75. The fourth-order valence-corrected chi connectivity index (χ4v) is 2.18. The molecule has 1 fully saturated rings. The molecule has 1 aliphatic rings. The van der Waals surface area contributed by atoms with Gasteiger partial charge in [-0.25, -0.2) is 0 Å². The van der Waals surface area contributed by atoms with Gasteiger partial charge in [-0.15, -0.1) is 0 Å². The van der Waals surface area contributed by atoms with Crippen molar-refractivity contribution in [1.29, 1.82) is 0 Å². The number of aromatic nitrogens is 1. The zero-order valence-electron chi connectivity index (χ0n) is 9.60. The van der Waals surface area contributed by atoms with Crippen molar-refractivity contribution >= 4 is 22.3 Å². The number of hydrogen-bond donors (Lipinski definition) is 1. The van der Waals surface area contributed by atoms with Gasteiger partial charge in [-0.05, 0) is 24.3 Å². The van der Waals surface area contributed by atoms with Crippen LogP contribution in [0.5, 0.6) is 0 Å². The molecule has 1 aromatic heterocycles. The van der Waals surface area contributed by atoms with E-state index in [2.05, 4.69) is 22.0 Å². The number of anilines is 2. The van der Waals surface area contributed by atoms with E-state index in [1.54, 1.807) is 6.20 Å². The highest BCUT2D eigenvalue weighted by atomic mass is 16.5. The minimum atomic E-state index is 0.781. The molecule has 0 unspecified atom stereocenters. The molecule has 0 atom stereocenters. The second-order valence-electron chi connectivity index (χ2n) is 4.20. The molecule has 17 heavy (non-hydrogen) atoms. The topological polar surface area (TPSA) is 51.4 Å². The Hall–Kier alpha value is -1.81. The number of nitrogen functional groups attached to an aromatic ring is 1.